The van der Waals surface area contributed by atoms with Gasteiger partial charge in [-0.1, -0.05) is 5.21 Å². The molecule has 22 heavy (non-hydrogen) atoms. The molecule has 0 spiro atoms. The molecule has 8 heteroatoms. The van der Waals surface area contributed by atoms with Crippen LogP contribution in [0.1, 0.15) is 21.7 Å². The van der Waals surface area contributed by atoms with Crippen LogP contribution < -0.4 is 4.90 Å². The van der Waals surface area contributed by atoms with Crippen LogP contribution in [0.5, 0.6) is 0 Å². The number of methoxy groups -OCH3 is 1. The maximum Gasteiger partial charge on any atom is 0.360 e. The van der Waals surface area contributed by atoms with Crippen LogP contribution >= 0.6 is 0 Å². The first kappa shape index (κ1) is 14.4. The zero-order valence-corrected chi connectivity index (χ0v) is 12.9. The van der Waals surface area contributed by atoms with Gasteiger partial charge in [0.25, 0.3) is 0 Å². The first-order chi connectivity index (χ1) is 10.6. The Labute approximate surface area is 128 Å². The van der Waals surface area contributed by atoms with E-state index in [1.165, 1.54) is 7.11 Å². The van der Waals surface area contributed by atoms with Crippen molar-refractivity contribution in [3.8, 4) is 0 Å². The van der Waals surface area contributed by atoms with E-state index in [4.69, 9.17) is 0 Å². The highest BCUT2D eigenvalue weighted by atomic mass is 16.5. The van der Waals surface area contributed by atoms with Gasteiger partial charge in [-0.25, -0.2) is 14.8 Å². The fourth-order valence-corrected chi connectivity index (χ4v) is 2.55. The second-order valence-corrected chi connectivity index (χ2v) is 5.50. The number of aryl methyl sites for hydroxylation is 1. The van der Waals surface area contributed by atoms with Gasteiger partial charge >= 0.3 is 5.97 Å². The number of carbonyl (C=O) groups is 1. The molecule has 0 amide bonds. The van der Waals surface area contributed by atoms with Gasteiger partial charge in [0.2, 0.25) is 0 Å². The quantitative estimate of drug-likeness (QED) is 0.765. The van der Waals surface area contributed by atoms with Gasteiger partial charge < -0.3 is 9.64 Å². The molecule has 0 aliphatic carbocycles. The number of anilines is 1. The van der Waals surface area contributed by atoms with Crippen molar-refractivity contribution in [2.45, 2.75) is 20.4 Å². The number of rotatable bonds is 4. The van der Waals surface area contributed by atoms with E-state index in [-0.39, 0.29) is 5.69 Å². The van der Waals surface area contributed by atoms with Gasteiger partial charge in [-0.2, -0.15) is 0 Å². The van der Waals surface area contributed by atoms with Gasteiger partial charge in [-0.05, 0) is 13.8 Å². The van der Waals surface area contributed by atoms with Crippen molar-refractivity contribution in [1.29, 1.82) is 0 Å². The van der Waals surface area contributed by atoms with Gasteiger partial charge in [-0.15, -0.1) is 5.10 Å². The summed E-state index contributed by atoms with van der Waals surface area (Å²) in [6, 6.07) is 0. The Bertz CT molecular complexity index is 692. The summed E-state index contributed by atoms with van der Waals surface area (Å²) in [6.07, 6.45) is 3.22. The van der Waals surface area contributed by atoms with Crippen LogP contribution in [0.2, 0.25) is 0 Å². The molecule has 0 aromatic carbocycles. The Kier molecular flexibility index (Phi) is 3.74. The van der Waals surface area contributed by atoms with Crippen LogP contribution in [0, 0.1) is 19.8 Å². The van der Waals surface area contributed by atoms with E-state index in [0.29, 0.717) is 5.92 Å². The number of esters is 1. The molecule has 2 aromatic heterocycles. The molecule has 0 bridgehead atoms. The lowest BCUT2D eigenvalue weighted by molar-refractivity contribution is 0.0594. The monoisotopic (exact) mass is 302 g/mol. The summed E-state index contributed by atoms with van der Waals surface area (Å²) < 4.78 is 6.30. The molecular weight excluding hydrogens is 284 g/mol. The van der Waals surface area contributed by atoms with Crippen molar-refractivity contribution in [3.63, 3.8) is 0 Å². The Morgan fingerprint density at radius 2 is 2.14 bits per heavy atom. The van der Waals surface area contributed by atoms with Crippen molar-refractivity contribution in [3.05, 3.63) is 29.5 Å². The number of hydrogen-bond acceptors (Lipinski definition) is 7. The third kappa shape index (κ3) is 2.63. The minimum absolute atomic E-state index is 0.237. The second kappa shape index (κ2) is 5.70. The molecule has 1 fully saturated rings. The van der Waals surface area contributed by atoms with Crippen LogP contribution in [-0.4, -0.2) is 51.1 Å². The average molecular weight is 302 g/mol. The lowest BCUT2D eigenvalue weighted by atomic mass is 9.99. The van der Waals surface area contributed by atoms with Crippen molar-refractivity contribution in [2.24, 2.45) is 5.92 Å². The number of nitrogens with zero attached hydrogens (tertiary/aromatic N) is 6. The van der Waals surface area contributed by atoms with E-state index >= 15 is 0 Å². The number of carbonyl (C=O) groups excluding carboxylic acids is 1. The van der Waals surface area contributed by atoms with Crippen molar-refractivity contribution >= 4 is 11.8 Å². The molecule has 0 radical (unpaired) electrons. The van der Waals surface area contributed by atoms with E-state index < -0.39 is 5.97 Å². The fraction of sp³-hybridized carbons (Fsp3) is 0.500. The molecule has 3 rings (SSSR count). The van der Waals surface area contributed by atoms with Crippen LogP contribution in [0.25, 0.3) is 0 Å². The molecule has 3 heterocycles. The third-order valence-electron chi connectivity index (χ3n) is 3.94. The fourth-order valence-electron chi connectivity index (χ4n) is 2.55. The lowest BCUT2D eigenvalue weighted by Gasteiger charge is -2.40. The molecule has 8 nitrogen and oxygen atoms in total. The average Bonchev–Trinajstić information content (AvgIpc) is 2.94. The maximum absolute atomic E-state index is 11.3. The highest BCUT2D eigenvalue weighted by molar-refractivity contribution is 5.86. The number of ether oxygens (including phenoxy) is 1. The van der Waals surface area contributed by atoms with E-state index in [1.54, 1.807) is 17.2 Å². The third-order valence-corrected chi connectivity index (χ3v) is 3.94. The highest BCUT2D eigenvalue weighted by Crippen LogP contribution is 2.27. The van der Waals surface area contributed by atoms with Crippen LogP contribution in [0.3, 0.4) is 0 Å². The molecule has 1 saturated heterocycles. The summed E-state index contributed by atoms with van der Waals surface area (Å²) in [7, 11) is 1.33. The minimum Gasteiger partial charge on any atom is -0.464 e. The molecule has 0 saturated carbocycles. The van der Waals surface area contributed by atoms with E-state index in [2.05, 4.69) is 29.9 Å². The van der Waals surface area contributed by atoms with E-state index in [0.717, 1.165) is 36.7 Å². The Balaban J connectivity index is 1.59. The van der Waals surface area contributed by atoms with Crippen molar-refractivity contribution in [2.75, 3.05) is 25.1 Å². The summed E-state index contributed by atoms with van der Waals surface area (Å²) >= 11 is 0. The standard InChI is InChI=1S/C14H18N6O2/c1-9-10(2)15-8-16-13(9)19-4-11(5-19)6-20-7-12(17-18-20)14(21)22-3/h7-8,11H,4-6H2,1-3H3. The zero-order chi connectivity index (χ0) is 15.7. The minimum atomic E-state index is -0.464. The van der Waals surface area contributed by atoms with Crippen molar-refractivity contribution < 1.29 is 9.53 Å². The van der Waals surface area contributed by atoms with Gasteiger partial charge in [0.05, 0.1) is 13.3 Å². The smallest absolute Gasteiger partial charge is 0.360 e. The largest absolute Gasteiger partial charge is 0.464 e. The van der Waals surface area contributed by atoms with Crippen LogP contribution in [0.15, 0.2) is 12.5 Å². The van der Waals surface area contributed by atoms with E-state index in [9.17, 15) is 4.79 Å². The number of aromatic nitrogens is 5. The SMILES string of the molecule is COC(=O)c1cn(CC2CN(c3ncnc(C)c3C)C2)nn1. The Hall–Kier alpha value is -2.51. The Morgan fingerprint density at radius 3 is 2.86 bits per heavy atom. The molecule has 2 aromatic rings. The lowest BCUT2D eigenvalue weighted by Crippen LogP contribution is -2.49. The zero-order valence-electron chi connectivity index (χ0n) is 12.9. The summed E-state index contributed by atoms with van der Waals surface area (Å²) in [5.74, 6) is 0.994. The molecule has 0 N–H and O–H groups in total. The summed E-state index contributed by atoms with van der Waals surface area (Å²) in [5, 5.41) is 7.76. The van der Waals surface area contributed by atoms with Gasteiger partial charge in [0.1, 0.15) is 12.1 Å². The van der Waals surface area contributed by atoms with Gasteiger partial charge in [-0.3, -0.25) is 4.68 Å². The van der Waals surface area contributed by atoms with Crippen LogP contribution in [-0.2, 0) is 11.3 Å². The van der Waals surface area contributed by atoms with Crippen molar-refractivity contribution in [1.82, 2.24) is 25.0 Å². The number of hydrogen-bond donors (Lipinski definition) is 0. The summed E-state index contributed by atoms with van der Waals surface area (Å²) in [4.78, 5) is 22.1. The molecule has 1 aliphatic rings. The van der Waals surface area contributed by atoms with E-state index in [1.807, 2.05) is 13.8 Å². The molecule has 1 aliphatic heterocycles. The highest BCUT2D eigenvalue weighted by Gasteiger charge is 2.30. The molecule has 0 unspecified atom stereocenters. The van der Waals surface area contributed by atoms with Gasteiger partial charge in [0, 0.05) is 36.8 Å². The summed E-state index contributed by atoms with van der Waals surface area (Å²) in [5.41, 5.74) is 2.36. The first-order valence-electron chi connectivity index (χ1n) is 7.10. The second-order valence-electron chi connectivity index (χ2n) is 5.50. The van der Waals surface area contributed by atoms with Gasteiger partial charge in [0.15, 0.2) is 5.69 Å². The maximum atomic E-state index is 11.3. The first-order valence-corrected chi connectivity index (χ1v) is 7.10. The summed E-state index contributed by atoms with van der Waals surface area (Å²) in [6.45, 7) is 6.57. The predicted octanol–water partition coefficient (Wildman–Crippen LogP) is 0.608. The molecular formula is C14H18N6O2. The molecule has 116 valence electrons. The predicted molar refractivity (Wildman–Crippen MR) is 78.6 cm³/mol. The molecule has 0 atom stereocenters. The topological polar surface area (TPSA) is 86.0 Å². The Morgan fingerprint density at radius 1 is 1.36 bits per heavy atom. The normalized spacial score (nSPS) is 14.8. The van der Waals surface area contributed by atoms with Crippen LogP contribution in [0.4, 0.5) is 5.82 Å².